The van der Waals surface area contributed by atoms with Crippen LogP contribution in [0, 0.1) is 0 Å². The van der Waals surface area contributed by atoms with Crippen LogP contribution in [0.3, 0.4) is 0 Å². The maximum absolute atomic E-state index is 13.5. The van der Waals surface area contributed by atoms with Crippen molar-refractivity contribution in [2.24, 2.45) is 0 Å². The lowest BCUT2D eigenvalue weighted by molar-refractivity contribution is 0.0893. The molecule has 1 fully saturated rings. The summed E-state index contributed by atoms with van der Waals surface area (Å²) in [6.45, 7) is 2.04. The Morgan fingerprint density at radius 3 is 2.20 bits per heavy atom. The SMILES string of the molecule is O=C1c2cccc3c(N4CCCC4)ccc(c23)C(=O)N1c1ccc2ccccc2c1. The molecule has 0 aromatic heterocycles. The Morgan fingerprint density at radius 2 is 1.40 bits per heavy atom. The molecular weight excluding hydrogens is 372 g/mol. The zero-order valence-corrected chi connectivity index (χ0v) is 16.5. The zero-order chi connectivity index (χ0) is 20.2. The fourth-order valence-electron chi connectivity index (χ4n) is 4.86. The number of imide groups is 1. The highest BCUT2D eigenvalue weighted by Gasteiger charge is 2.35. The van der Waals surface area contributed by atoms with Gasteiger partial charge in [-0.1, -0.05) is 42.5 Å². The van der Waals surface area contributed by atoms with Gasteiger partial charge in [0.2, 0.25) is 0 Å². The first-order valence-electron chi connectivity index (χ1n) is 10.4. The van der Waals surface area contributed by atoms with E-state index < -0.39 is 0 Å². The summed E-state index contributed by atoms with van der Waals surface area (Å²) in [7, 11) is 0. The Hall–Kier alpha value is -3.66. The molecule has 4 aromatic carbocycles. The molecule has 0 saturated carbocycles. The molecule has 146 valence electrons. The summed E-state index contributed by atoms with van der Waals surface area (Å²) in [4.78, 5) is 30.6. The average molecular weight is 392 g/mol. The normalized spacial score (nSPS) is 16.1. The van der Waals surface area contributed by atoms with E-state index in [0.29, 0.717) is 16.8 Å². The summed E-state index contributed by atoms with van der Waals surface area (Å²) in [5, 5.41) is 3.86. The zero-order valence-electron chi connectivity index (χ0n) is 16.5. The molecule has 4 aromatic rings. The quantitative estimate of drug-likeness (QED) is 0.429. The molecule has 2 aliphatic heterocycles. The third-order valence-electron chi connectivity index (χ3n) is 6.32. The molecule has 1 saturated heterocycles. The highest BCUT2D eigenvalue weighted by molar-refractivity contribution is 6.36. The van der Waals surface area contributed by atoms with E-state index >= 15 is 0 Å². The number of nitrogens with zero attached hydrogens (tertiary/aromatic N) is 2. The van der Waals surface area contributed by atoms with Crippen LogP contribution in [0.5, 0.6) is 0 Å². The van der Waals surface area contributed by atoms with E-state index in [1.807, 2.05) is 72.8 Å². The molecule has 2 heterocycles. The average Bonchev–Trinajstić information content (AvgIpc) is 3.32. The van der Waals surface area contributed by atoms with E-state index in [-0.39, 0.29) is 11.8 Å². The van der Waals surface area contributed by atoms with Gasteiger partial charge in [0, 0.05) is 40.7 Å². The van der Waals surface area contributed by atoms with Crippen molar-refractivity contribution in [3.8, 4) is 0 Å². The van der Waals surface area contributed by atoms with E-state index in [0.717, 1.165) is 40.3 Å². The van der Waals surface area contributed by atoms with Crippen LogP contribution in [0.1, 0.15) is 33.6 Å². The van der Waals surface area contributed by atoms with Gasteiger partial charge in [-0.2, -0.15) is 0 Å². The molecular formula is C26H20N2O2. The fourth-order valence-corrected chi connectivity index (χ4v) is 4.86. The van der Waals surface area contributed by atoms with E-state index in [1.54, 1.807) is 0 Å². The van der Waals surface area contributed by atoms with E-state index in [2.05, 4.69) is 4.90 Å². The second-order valence-corrected chi connectivity index (χ2v) is 8.03. The van der Waals surface area contributed by atoms with Crippen LogP contribution in [0.25, 0.3) is 21.5 Å². The Labute approximate surface area is 174 Å². The summed E-state index contributed by atoms with van der Waals surface area (Å²) < 4.78 is 0. The molecule has 0 N–H and O–H groups in total. The summed E-state index contributed by atoms with van der Waals surface area (Å²) in [6.07, 6.45) is 2.35. The molecule has 0 aliphatic carbocycles. The second-order valence-electron chi connectivity index (χ2n) is 8.03. The molecule has 0 atom stereocenters. The van der Waals surface area contributed by atoms with Gasteiger partial charge in [-0.15, -0.1) is 0 Å². The predicted octanol–water partition coefficient (Wildman–Crippen LogP) is 5.39. The van der Waals surface area contributed by atoms with Gasteiger partial charge in [0.05, 0.1) is 5.69 Å². The number of hydrogen-bond donors (Lipinski definition) is 0. The van der Waals surface area contributed by atoms with Gasteiger partial charge in [-0.05, 0) is 53.9 Å². The number of fused-ring (bicyclic) bond motifs is 1. The van der Waals surface area contributed by atoms with Crippen LogP contribution >= 0.6 is 0 Å². The van der Waals surface area contributed by atoms with Crippen LogP contribution in [0.4, 0.5) is 11.4 Å². The van der Waals surface area contributed by atoms with Crippen LogP contribution in [-0.2, 0) is 0 Å². The van der Waals surface area contributed by atoms with Crippen LogP contribution in [0.2, 0.25) is 0 Å². The molecule has 4 heteroatoms. The lowest BCUT2D eigenvalue weighted by Crippen LogP contribution is -2.40. The van der Waals surface area contributed by atoms with Crippen LogP contribution in [-0.4, -0.2) is 24.9 Å². The van der Waals surface area contributed by atoms with Crippen molar-refractivity contribution in [3.05, 3.63) is 83.9 Å². The summed E-state index contributed by atoms with van der Waals surface area (Å²) in [5.41, 5.74) is 2.91. The first-order chi connectivity index (χ1) is 14.7. The summed E-state index contributed by atoms with van der Waals surface area (Å²) in [5.74, 6) is -0.515. The van der Waals surface area contributed by atoms with Crippen molar-refractivity contribution < 1.29 is 9.59 Å². The molecule has 4 nitrogen and oxygen atoms in total. The number of carbonyl (C=O) groups is 2. The molecule has 0 bridgehead atoms. The number of amides is 2. The van der Waals surface area contributed by atoms with Crippen LogP contribution < -0.4 is 9.80 Å². The number of rotatable bonds is 2. The van der Waals surface area contributed by atoms with Gasteiger partial charge in [-0.3, -0.25) is 9.59 Å². The van der Waals surface area contributed by atoms with Crippen molar-refractivity contribution >= 4 is 44.7 Å². The Bertz CT molecular complexity index is 1330. The molecule has 0 radical (unpaired) electrons. The molecule has 0 spiro atoms. The van der Waals surface area contributed by atoms with Gasteiger partial charge >= 0.3 is 0 Å². The monoisotopic (exact) mass is 392 g/mol. The lowest BCUT2D eigenvalue weighted by atomic mass is 9.92. The van der Waals surface area contributed by atoms with Gasteiger partial charge in [0.15, 0.2) is 0 Å². The topological polar surface area (TPSA) is 40.6 Å². The molecule has 0 unspecified atom stereocenters. The highest BCUT2D eigenvalue weighted by atomic mass is 16.2. The van der Waals surface area contributed by atoms with Gasteiger partial charge in [0.25, 0.3) is 11.8 Å². The van der Waals surface area contributed by atoms with Crippen molar-refractivity contribution in [1.82, 2.24) is 0 Å². The van der Waals surface area contributed by atoms with Crippen molar-refractivity contribution in [3.63, 3.8) is 0 Å². The number of anilines is 2. The van der Waals surface area contributed by atoms with Crippen molar-refractivity contribution in [2.45, 2.75) is 12.8 Å². The van der Waals surface area contributed by atoms with Gasteiger partial charge in [-0.25, -0.2) is 4.90 Å². The smallest absolute Gasteiger partial charge is 0.265 e. The van der Waals surface area contributed by atoms with Gasteiger partial charge in [0.1, 0.15) is 0 Å². The standard InChI is InChI=1S/C26H20N2O2/c29-25-21-9-5-8-20-23(27-14-3-4-15-27)13-12-22(24(20)21)26(30)28(25)19-11-10-17-6-1-2-7-18(17)16-19/h1-2,5-13,16H,3-4,14-15H2. The van der Waals surface area contributed by atoms with E-state index in [9.17, 15) is 9.59 Å². The summed E-state index contributed by atoms with van der Waals surface area (Å²) in [6, 6.07) is 23.4. The summed E-state index contributed by atoms with van der Waals surface area (Å²) >= 11 is 0. The predicted molar refractivity (Wildman–Crippen MR) is 120 cm³/mol. The van der Waals surface area contributed by atoms with E-state index in [1.165, 1.54) is 17.7 Å². The number of carbonyl (C=O) groups excluding carboxylic acids is 2. The Balaban J connectivity index is 1.53. The maximum atomic E-state index is 13.5. The molecule has 2 amide bonds. The Morgan fingerprint density at radius 1 is 0.667 bits per heavy atom. The lowest BCUT2D eigenvalue weighted by Gasteiger charge is -2.29. The number of benzene rings is 4. The molecule has 6 rings (SSSR count). The molecule has 2 aliphatic rings. The largest absolute Gasteiger partial charge is 0.371 e. The minimum Gasteiger partial charge on any atom is -0.371 e. The fraction of sp³-hybridized carbons (Fsp3) is 0.154. The Kier molecular flexibility index (Phi) is 3.69. The second kappa shape index (κ2) is 6.42. The highest BCUT2D eigenvalue weighted by Crippen LogP contribution is 2.38. The van der Waals surface area contributed by atoms with Gasteiger partial charge < -0.3 is 4.90 Å². The minimum absolute atomic E-state index is 0.257. The number of hydrogen-bond acceptors (Lipinski definition) is 3. The van der Waals surface area contributed by atoms with Crippen molar-refractivity contribution in [2.75, 3.05) is 22.9 Å². The molecule has 30 heavy (non-hydrogen) atoms. The maximum Gasteiger partial charge on any atom is 0.265 e. The van der Waals surface area contributed by atoms with E-state index in [4.69, 9.17) is 0 Å². The van der Waals surface area contributed by atoms with Crippen molar-refractivity contribution in [1.29, 1.82) is 0 Å². The first-order valence-corrected chi connectivity index (χ1v) is 10.4. The van der Waals surface area contributed by atoms with Crippen LogP contribution in [0.15, 0.2) is 72.8 Å². The first kappa shape index (κ1) is 17.2. The third kappa shape index (κ3) is 2.40. The third-order valence-corrected chi connectivity index (χ3v) is 6.32. The minimum atomic E-state index is -0.257.